The fraction of sp³-hybridized carbons (Fsp3) is 0.333. The van der Waals surface area contributed by atoms with Crippen molar-refractivity contribution in [2.45, 2.75) is 37.7 Å². The molecule has 0 aromatic heterocycles. The van der Waals surface area contributed by atoms with Gasteiger partial charge in [-0.15, -0.1) is 0 Å². The zero-order valence-corrected chi connectivity index (χ0v) is 11.7. The molecule has 1 aliphatic carbocycles. The van der Waals surface area contributed by atoms with E-state index in [2.05, 4.69) is 6.07 Å². The van der Waals surface area contributed by atoms with Gasteiger partial charge in [0.25, 0.3) is 0 Å². The molecule has 0 saturated carbocycles. The van der Waals surface area contributed by atoms with Gasteiger partial charge in [0.15, 0.2) is 11.6 Å². The fourth-order valence-electron chi connectivity index (χ4n) is 3.26. The van der Waals surface area contributed by atoms with Crippen LogP contribution in [-0.4, -0.2) is 11.2 Å². The van der Waals surface area contributed by atoms with Gasteiger partial charge in [0, 0.05) is 12.3 Å². The van der Waals surface area contributed by atoms with E-state index < -0.39 is 17.7 Å². The van der Waals surface area contributed by atoms with Crippen LogP contribution >= 0.6 is 0 Å². The van der Waals surface area contributed by atoms with Gasteiger partial charge in [-0.05, 0) is 42.0 Å². The van der Waals surface area contributed by atoms with Gasteiger partial charge in [-0.25, -0.2) is 8.78 Å². The lowest BCUT2D eigenvalue weighted by Gasteiger charge is -2.29. The highest BCUT2D eigenvalue weighted by molar-refractivity contribution is 5.34. The summed E-state index contributed by atoms with van der Waals surface area (Å²) >= 11 is 0. The maximum atomic E-state index is 13.7. The monoisotopic (exact) mass is 288 g/mol. The van der Waals surface area contributed by atoms with Crippen molar-refractivity contribution in [1.29, 1.82) is 0 Å². The summed E-state index contributed by atoms with van der Waals surface area (Å²) in [5, 5.41) is 10.5. The van der Waals surface area contributed by atoms with Crippen molar-refractivity contribution < 1.29 is 13.9 Å². The van der Waals surface area contributed by atoms with E-state index in [1.165, 1.54) is 17.7 Å². The molecule has 0 fully saturated rings. The zero-order chi connectivity index (χ0) is 14.8. The lowest BCUT2D eigenvalue weighted by Crippen LogP contribution is -2.25. The van der Waals surface area contributed by atoms with Crippen molar-refractivity contribution in [3.8, 4) is 0 Å². The van der Waals surface area contributed by atoms with Gasteiger partial charge in [0.1, 0.15) is 0 Å². The van der Waals surface area contributed by atoms with Crippen molar-refractivity contribution >= 4 is 0 Å². The van der Waals surface area contributed by atoms with Gasteiger partial charge in [-0.3, -0.25) is 0 Å². The number of rotatable bonds is 3. The van der Waals surface area contributed by atoms with Crippen molar-refractivity contribution in [2.24, 2.45) is 0 Å². The summed E-state index contributed by atoms with van der Waals surface area (Å²) in [6.07, 6.45) is 2.37. The van der Waals surface area contributed by atoms with Crippen LogP contribution in [0.15, 0.2) is 42.5 Å². The van der Waals surface area contributed by atoms with Crippen LogP contribution in [0.5, 0.6) is 0 Å². The van der Waals surface area contributed by atoms with Gasteiger partial charge < -0.3 is 5.11 Å². The highest BCUT2D eigenvalue weighted by Crippen LogP contribution is 2.35. The summed E-state index contributed by atoms with van der Waals surface area (Å²) in [5.74, 6) is -1.71. The Morgan fingerprint density at radius 2 is 1.90 bits per heavy atom. The van der Waals surface area contributed by atoms with Crippen LogP contribution in [0.2, 0.25) is 0 Å². The molecule has 3 rings (SSSR count). The predicted octanol–water partition coefficient (Wildman–Crippen LogP) is 3.99. The van der Waals surface area contributed by atoms with E-state index in [4.69, 9.17) is 0 Å². The molecule has 2 aromatic carbocycles. The molecular weight excluding hydrogens is 270 g/mol. The molecule has 0 amide bonds. The minimum atomic E-state index is -0.858. The summed E-state index contributed by atoms with van der Waals surface area (Å²) in [4.78, 5) is 0. The van der Waals surface area contributed by atoms with Crippen LogP contribution in [0, 0.1) is 11.6 Å². The molecule has 0 heterocycles. The predicted molar refractivity (Wildman–Crippen MR) is 78.2 cm³/mol. The Hall–Kier alpha value is -1.74. The number of aliphatic hydroxyl groups is 1. The van der Waals surface area contributed by atoms with Crippen molar-refractivity contribution in [2.75, 3.05) is 0 Å². The van der Waals surface area contributed by atoms with Gasteiger partial charge >= 0.3 is 0 Å². The van der Waals surface area contributed by atoms with Gasteiger partial charge in [0.05, 0.1) is 6.10 Å². The molecule has 1 N–H and O–H groups in total. The smallest absolute Gasteiger partial charge is 0.162 e. The van der Waals surface area contributed by atoms with Crippen LogP contribution in [0.4, 0.5) is 8.78 Å². The zero-order valence-electron chi connectivity index (χ0n) is 11.7. The minimum Gasteiger partial charge on any atom is -0.392 e. The summed E-state index contributed by atoms with van der Waals surface area (Å²) in [6.45, 7) is 0. The van der Waals surface area contributed by atoms with E-state index in [1.807, 2.05) is 18.2 Å². The number of aliphatic hydroxyl groups excluding tert-OH is 1. The minimum absolute atomic E-state index is 0.00221. The fourth-order valence-corrected chi connectivity index (χ4v) is 3.26. The Morgan fingerprint density at radius 3 is 2.76 bits per heavy atom. The van der Waals surface area contributed by atoms with E-state index in [0.29, 0.717) is 0 Å². The molecule has 1 aliphatic rings. The van der Waals surface area contributed by atoms with Crippen LogP contribution < -0.4 is 0 Å². The standard InChI is InChI=1S/C18H18F2O/c19-16-10-4-7-13(18(16)20)11-17(21)15-9-3-6-12-5-1-2-8-14(12)15/h1-2,4-5,7-8,10,15,17,21H,3,6,9,11H2. The van der Waals surface area contributed by atoms with E-state index in [1.54, 1.807) is 0 Å². The second-order valence-electron chi connectivity index (χ2n) is 5.68. The lowest BCUT2D eigenvalue weighted by molar-refractivity contribution is 0.133. The van der Waals surface area contributed by atoms with E-state index in [0.717, 1.165) is 30.9 Å². The highest BCUT2D eigenvalue weighted by Gasteiger charge is 2.27. The molecule has 21 heavy (non-hydrogen) atoms. The van der Waals surface area contributed by atoms with Crippen LogP contribution in [0.1, 0.15) is 35.4 Å². The third-order valence-corrected chi connectivity index (χ3v) is 4.34. The highest BCUT2D eigenvalue weighted by atomic mass is 19.2. The maximum absolute atomic E-state index is 13.7. The molecule has 2 atom stereocenters. The molecule has 110 valence electrons. The third kappa shape index (κ3) is 2.84. The topological polar surface area (TPSA) is 20.2 Å². The number of hydrogen-bond acceptors (Lipinski definition) is 1. The first-order valence-corrected chi connectivity index (χ1v) is 7.35. The van der Waals surface area contributed by atoms with E-state index >= 15 is 0 Å². The van der Waals surface area contributed by atoms with Gasteiger partial charge in [-0.1, -0.05) is 36.4 Å². The van der Waals surface area contributed by atoms with Crippen LogP contribution in [0.3, 0.4) is 0 Å². The lowest BCUT2D eigenvalue weighted by atomic mass is 9.78. The average Bonchev–Trinajstić information content (AvgIpc) is 2.51. The number of fused-ring (bicyclic) bond motifs is 1. The Morgan fingerprint density at radius 1 is 1.10 bits per heavy atom. The second-order valence-corrected chi connectivity index (χ2v) is 5.68. The summed E-state index contributed by atoms with van der Waals surface area (Å²) < 4.78 is 27.0. The molecule has 0 spiro atoms. The average molecular weight is 288 g/mol. The SMILES string of the molecule is OC(Cc1cccc(F)c1F)C1CCCc2ccccc21. The number of hydrogen-bond donors (Lipinski definition) is 1. The van der Waals surface area contributed by atoms with E-state index in [-0.39, 0.29) is 17.9 Å². The summed E-state index contributed by atoms with van der Waals surface area (Å²) in [6, 6.07) is 12.2. The van der Waals surface area contributed by atoms with Gasteiger partial charge in [-0.2, -0.15) is 0 Å². The number of benzene rings is 2. The molecule has 0 saturated heterocycles. The van der Waals surface area contributed by atoms with Crippen molar-refractivity contribution in [1.82, 2.24) is 0 Å². The van der Waals surface area contributed by atoms with Crippen molar-refractivity contribution in [3.05, 3.63) is 70.8 Å². The van der Waals surface area contributed by atoms with Crippen LogP contribution in [0.25, 0.3) is 0 Å². The molecular formula is C18H18F2O. The van der Waals surface area contributed by atoms with Gasteiger partial charge in [0.2, 0.25) is 0 Å². The molecule has 0 aliphatic heterocycles. The molecule has 2 unspecified atom stereocenters. The number of aryl methyl sites for hydroxylation is 1. The summed E-state index contributed by atoms with van der Waals surface area (Å²) in [7, 11) is 0. The third-order valence-electron chi connectivity index (χ3n) is 4.34. The normalized spacial score (nSPS) is 19.1. The van der Waals surface area contributed by atoms with E-state index in [9.17, 15) is 13.9 Å². The molecule has 2 aromatic rings. The van der Waals surface area contributed by atoms with Crippen molar-refractivity contribution in [3.63, 3.8) is 0 Å². The first kappa shape index (κ1) is 14.2. The molecule has 0 radical (unpaired) electrons. The molecule has 0 bridgehead atoms. The maximum Gasteiger partial charge on any atom is 0.162 e. The quantitative estimate of drug-likeness (QED) is 0.905. The Bertz CT molecular complexity index is 639. The summed E-state index contributed by atoms with van der Waals surface area (Å²) in [5.41, 5.74) is 2.64. The largest absolute Gasteiger partial charge is 0.392 e. The van der Waals surface area contributed by atoms with Crippen LogP contribution in [-0.2, 0) is 12.8 Å². The second kappa shape index (κ2) is 5.94. The Labute approximate surface area is 123 Å². The Kier molecular flexibility index (Phi) is 4.02. The molecule has 1 nitrogen and oxygen atoms in total. The first-order chi connectivity index (χ1) is 10.2. The number of halogens is 2. The Balaban J connectivity index is 1.83. The first-order valence-electron chi connectivity index (χ1n) is 7.35. The molecule has 3 heteroatoms.